The van der Waals surface area contributed by atoms with Gasteiger partial charge in [0.1, 0.15) is 11.4 Å². The van der Waals surface area contributed by atoms with E-state index in [4.69, 9.17) is 15.2 Å². The summed E-state index contributed by atoms with van der Waals surface area (Å²) in [5, 5.41) is 4.14. The molecule has 2 heterocycles. The third kappa shape index (κ3) is 4.45. The Balaban J connectivity index is 1.72. The average Bonchev–Trinajstić information content (AvgIpc) is 3.15. The maximum Gasteiger partial charge on any atom is 0.343 e. The van der Waals surface area contributed by atoms with Gasteiger partial charge in [0.05, 0.1) is 31.0 Å². The molecule has 0 bridgehead atoms. The summed E-state index contributed by atoms with van der Waals surface area (Å²) in [6.45, 7) is 5.02. The number of carbonyl (C=O) groups is 3. The zero-order valence-electron chi connectivity index (χ0n) is 17.2. The van der Waals surface area contributed by atoms with Crippen molar-refractivity contribution in [2.75, 3.05) is 32.0 Å². The van der Waals surface area contributed by atoms with Crippen LogP contribution in [-0.4, -0.2) is 58.8 Å². The lowest BCUT2D eigenvalue weighted by molar-refractivity contribution is -0.149. The van der Waals surface area contributed by atoms with Gasteiger partial charge in [-0.25, -0.2) is 9.48 Å². The summed E-state index contributed by atoms with van der Waals surface area (Å²) in [7, 11) is 0. The topological polar surface area (TPSA) is 117 Å². The van der Waals surface area contributed by atoms with Gasteiger partial charge in [-0.15, -0.1) is 0 Å². The molecule has 1 aromatic carbocycles. The summed E-state index contributed by atoms with van der Waals surface area (Å²) in [4.78, 5) is 38.5. The van der Waals surface area contributed by atoms with Gasteiger partial charge in [-0.05, 0) is 51.0 Å². The normalized spacial score (nSPS) is 16.2. The van der Waals surface area contributed by atoms with Crippen LogP contribution in [0, 0.1) is 5.92 Å². The predicted molar refractivity (Wildman–Crippen MR) is 109 cm³/mol. The smallest absolute Gasteiger partial charge is 0.343 e. The Labute approximate surface area is 174 Å². The van der Waals surface area contributed by atoms with Crippen molar-refractivity contribution in [1.82, 2.24) is 14.7 Å². The van der Waals surface area contributed by atoms with Crippen LogP contribution in [0.1, 0.15) is 47.4 Å². The molecular weight excluding hydrogens is 388 g/mol. The number of hydrogen-bond donors (Lipinski definition) is 1. The van der Waals surface area contributed by atoms with E-state index in [1.54, 1.807) is 43.0 Å². The molecule has 1 fully saturated rings. The van der Waals surface area contributed by atoms with E-state index >= 15 is 0 Å². The van der Waals surface area contributed by atoms with Gasteiger partial charge < -0.3 is 20.1 Å². The molecule has 1 aliphatic rings. The van der Waals surface area contributed by atoms with E-state index in [-0.39, 0.29) is 35.8 Å². The molecule has 1 aliphatic heterocycles. The summed E-state index contributed by atoms with van der Waals surface area (Å²) < 4.78 is 11.5. The van der Waals surface area contributed by atoms with Gasteiger partial charge in [0.25, 0.3) is 5.91 Å². The van der Waals surface area contributed by atoms with Gasteiger partial charge in [0, 0.05) is 18.7 Å². The first kappa shape index (κ1) is 21.4. The molecule has 0 aliphatic carbocycles. The number of benzene rings is 1. The molecule has 0 radical (unpaired) electrons. The second kappa shape index (κ2) is 9.43. The standard InChI is InChI=1S/C21H26N4O5/c1-3-29-20(27)15-6-5-11-24(13-15)19(26)14-7-9-16(10-8-14)25-18(22)17(12-23-25)21(28)30-4-2/h7-10,12,15H,3-6,11,13,22H2,1-2H3. The number of nitrogens with zero attached hydrogens (tertiary/aromatic N) is 3. The number of esters is 2. The van der Waals surface area contributed by atoms with Crippen LogP contribution in [0.15, 0.2) is 30.5 Å². The summed E-state index contributed by atoms with van der Waals surface area (Å²) in [6, 6.07) is 6.77. The van der Waals surface area contributed by atoms with Gasteiger partial charge in [0.2, 0.25) is 0 Å². The van der Waals surface area contributed by atoms with Gasteiger partial charge in [-0.2, -0.15) is 5.10 Å². The summed E-state index contributed by atoms with van der Waals surface area (Å²) >= 11 is 0. The van der Waals surface area contributed by atoms with Crippen LogP contribution in [0.5, 0.6) is 0 Å². The zero-order chi connectivity index (χ0) is 21.7. The first-order valence-electron chi connectivity index (χ1n) is 10.0. The van der Waals surface area contributed by atoms with Gasteiger partial charge in [0.15, 0.2) is 0 Å². The van der Waals surface area contributed by atoms with Crippen molar-refractivity contribution in [2.45, 2.75) is 26.7 Å². The van der Waals surface area contributed by atoms with Crippen molar-refractivity contribution in [1.29, 1.82) is 0 Å². The van der Waals surface area contributed by atoms with Crippen molar-refractivity contribution in [3.63, 3.8) is 0 Å². The number of aromatic nitrogens is 2. The van der Waals surface area contributed by atoms with Gasteiger partial charge >= 0.3 is 11.9 Å². The molecule has 1 saturated heterocycles. The molecule has 3 rings (SSSR count). The highest BCUT2D eigenvalue weighted by Gasteiger charge is 2.29. The van der Waals surface area contributed by atoms with Crippen molar-refractivity contribution in [3.05, 3.63) is 41.6 Å². The van der Waals surface area contributed by atoms with E-state index in [0.717, 1.165) is 12.8 Å². The van der Waals surface area contributed by atoms with Crippen molar-refractivity contribution in [2.24, 2.45) is 5.92 Å². The fourth-order valence-electron chi connectivity index (χ4n) is 3.47. The second-order valence-corrected chi connectivity index (χ2v) is 6.97. The Bertz CT molecular complexity index is 922. The monoisotopic (exact) mass is 414 g/mol. The Hall–Kier alpha value is -3.36. The minimum absolute atomic E-state index is 0.142. The van der Waals surface area contributed by atoms with Gasteiger partial charge in [-0.3, -0.25) is 9.59 Å². The molecule has 1 amide bonds. The minimum atomic E-state index is -0.533. The highest BCUT2D eigenvalue weighted by Crippen LogP contribution is 2.22. The molecule has 9 heteroatoms. The Morgan fingerprint density at radius 3 is 2.50 bits per heavy atom. The van der Waals surface area contributed by atoms with E-state index in [1.165, 1.54) is 10.9 Å². The molecule has 2 aromatic rings. The Kier molecular flexibility index (Phi) is 6.71. The predicted octanol–water partition coefficient (Wildman–Crippen LogP) is 2.05. The van der Waals surface area contributed by atoms with Crippen molar-refractivity contribution >= 4 is 23.7 Å². The van der Waals surface area contributed by atoms with E-state index in [1.807, 2.05) is 0 Å². The molecule has 9 nitrogen and oxygen atoms in total. The summed E-state index contributed by atoms with van der Waals surface area (Å²) in [6.07, 6.45) is 2.84. The van der Waals surface area contributed by atoms with Crippen LogP contribution >= 0.6 is 0 Å². The largest absolute Gasteiger partial charge is 0.466 e. The van der Waals surface area contributed by atoms with Crippen molar-refractivity contribution in [3.8, 4) is 5.69 Å². The van der Waals surface area contributed by atoms with Crippen molar-refractivity contribution < 1.29 is 23.9 Å². The quantitative estimate of drug-likeness (QED) is 0.719. The highest BCUT2D eigenvalue weighted by atomic mass is 16.5. The highest BCUT2D eigenvalue weighted by molar-refractivity contribution is 5.95. The fourth-order valence-corrected chi connectivity index (χ4v) is 3.47. The molecular formula is C21H26N4O5. The van der Waals surface area contributed by atoms with E-state index < -0.39 is 5.97 Å². The third-order valence-electron chi connectivity index (χ3n) is 4.99. The number of carbonyl (C=O) groups excluding carboxylic acids is 3. The molecule has 1 unspecified atom stereocenters. The first-order chi connectivity index (χ1) is 14.5. The molecule has 0 spiro atoms. The number of ether oxygens (including phenoxy) is 2. The van der Waals surface area contributed by atoms with Crippen LogP contribution in [0.25, 0.3) is 5.69 Å². The number of likely N-dealkylation sites (tertiary alicyclic amines) is 1. The maximum absolute atomic E-state index is 12.9. The fraction of sp³-hybridized carbons (Fsp3) is 0.429. The van der Waals surface area contributed by atoms with E-state index in [9.17, 15) is 14.4 Å². The summed E-state index contributed by atoms with van der Waals surface area (Å²) in [5.74, 6) is -1.05. The van der Waals surface area contributed by atoms with E-state index in [0.29, 0.717) is 30.9 Å². The first-order valence-corrected chi connectivity index (χ1v) is 10.0. The number of nitrogen functional groups attached to an aromatic ring is 1. The van der Waals surface area contributed by atoms with Gasteiger partial charge in [-0.1, -0.05) is 0 Å². The summed E-state index contributed by atoms with van der Waals surface area (Å²) in [5.41, 5.74) is 7.33. The second-order valence-electron chi connectivity index (χ2n) is 6.97. The van der Waals surface area contributed by atoms with Crippen LogP contribution < -0.4 is 5.73 Å². The molecule has 160 valence electrons. The van der Waals surface area contributed by atoms with Crippen LogP contribution in [0.4, 0.5) is 5.82 Å². The number of anilines is 1. The molecule has 2 N–H and O–H groups in total. The molecule has 1 aromatic heterocycles. The molecule has 0 saturated carbocycles. The Morgan fingerprint density at radius 2 is 1.83 bits per heavy atom. The lowest BCUT2D eigenvalue weighted by Gasteiger charge is -2.31. The maximum atomic E-state index is 12.9. The van der Waals surface area contributed by atoms with Crippen LogP contribution in [-0.2, 0) is 14.3 Å². The van der Waals surface area contributed by atoms with E-state index in [2.05, 4.69) is 5.10 Å². The number of hydrogen-bond acceptors (Lipinski definition) is 7. The molecule has 1 atom stereocenters. The lowest BCUT2D eigenvalue weighted by atomic mass is 9.97. The minimum Gasteiger partial charge on any atom is -0.466 e. The molecule has 30 heavy (non-hydrogen) atoms. The lowest BCUT2D eigenvalue weighted by Crippen LogP contribution is -2.42. The number of piperidine rings is 1. The average molecular weight is 414 g/mol. The number of rotatable bonds is 6. The van der Waals surface area contributed by atoms with Crippen LogP contribution in [0.2, 0.25) is 0 Å². The zero-order valence-corrected chi connectivity index (χ0v) is 17.2. The number of amides is 1. The number of nitrogens with two attached hydrogens (primary N) is 1. The van der Waals surface area contributed by atoms with Crippen LogP contribution in [0.3, 0.4) is 0 Å². The third-order valence-corrected chi connectivity index (χ3v) is 4.99. The Morgan fingerprint density at radius 1 is 1.13 bits per heavy atom. The SMILES string of the molecule is CCOC(=O)c1cnn(-c2ccc(C(=O)N3CCCC(C(=O)OCC)C3)cc2)c1N.